The zero-order valence-electron chi connectivity index (χ0n) is 14.1. The highest BCUT2D eigenvalue weighted by molar-refractivity contribution is 7.11. The second kappa shape index (κ2) is 7.58. The first-order chi connectivity index (χ1) is 10.1. The molecule has 0 aliphatic carbocycles. The molecular formula is C15H25N3O3S. The lowest BCUT2D eigenvalue weighted by Crippen LogP contribution is -2.35. The number of rotatable bonds is 5. The Kier molecular flexibility index (Phi) is 6.34. The van der Waals surface area contributed by atoms with Crippen LogP contribution in [0.4, 0.5) is 4.79 Å². The zero-order valence-corrected chi connectivity index (χ0v) is 14.9. The topological polar surface area (TPSA) is 80.3 Å². The number of carbonyl (C=O) groups excluding carboxylic acids is 2. The Bertz CT molecular complexity index is 535. The molecule has 1 rings (SSSR count). The van der Waals surface area contributed by atoms with E-state index < -0.39 is 11.7 Å². The molecule has 0 aliphatic rings. The third kappa shape index (κ3) is 6.43. The van der Waals surface area contributed by atoms with E-state index in [1.807, 2.05) is 20.8 Å². The van der Waals surface area contributed by atoms with Crippen LogP contribution in [0.1, 0.15) is 55.7 Å². The number of carbonyl (C=O) groups is 2. The first kappa shape index (κ1) is 18.4. The highest BCUT2D eigenvalue weighted by atomic mass is 32.1. The SMILES string of the molecule is Cc1nc(C)c([C@@H](C)NC(=O)CCNC(=O)OC(C)(C)C)s1. The maximum Gasteiger partial charge on any atom is 0.407 e. The Morgan fingerprint density at radius 2 is 1.95 bits per heavy atom. The van der Waals surface area contributed by atoms with Crippen molar-refractivity contribution in [3.05, 3.63) is 15.6 Å². The van der Waals surface area contributed by atoms with Crippen molar-refractivity contribution >= 4 is 23.3 Å². The molecule has 0 fully saturated rings. The summed E-state index contributed by atoms with van der Waals surface area (Å²) in [6.07, 6.45) is -0.303. The van der Waals surface area contributed by atoms with Gasteiger partial charge in [-0.25, -0.2) is 9.78 Å². The van der Waals surface area contributed by atoms with Crippen molar-refractivity contribution in [2.24, 2.45) is 0 Å². The van der Waals surface area contributed by atoms with Crippen molar-refractivity contribution in [1.82, 2.24) is 15.6 Å². The third-order valence-electron chi connectivity index (χ3n) is 2.73. The van der Waals surface area contributed by atoms with Crippen molar-refractivity contribution in [3.8, 4) is 0 Å². The largest absolute Gasteiger partial charge is 0.444 e. The quantitative estimate of drug-likeness (QED) is 0.871. The lowest BCUT2D eigenvalue weighted by molar-refractivity contribution is -0.121. The average Bonchev–Trinajstić information content (AvgIpc) is 2.66. The fourth-order valence-electron chi connectivity index (χ4n) is 1.92. The molecule has 0 spiro atoms. The summed E-state index contributed by atoms with van der Waals surface area (Å²) < 4.78 is 5.10. The van der Waals surface area contributed by atoms with Gasteiger partial charge in [-0.2, -0.15) is 0 Å². The number of ether oxygens (including phenoxy) is 1. The summed E-state index contributed by atoms with van der Waals surface area (Å²) in [4.78, 5) is 28.8. The first-order valence-electron chi connectivity index (χ1n) is 7.28. The predicted molar refractivity (Wildman–Crippen MR) is 87.0 cm³/mol. The molecule has 22 heavy (non-hydrogen) atoms. The van der Waals surface area contributed by atoms with Crippen LogP contribution < -0.4 is 10.6 Å². The highest BCUT2D eigenvalue weighted by Crippen LogP contribution is 2.24. The van der Waals surface area contributed by atoms with E-state index in [-0.39, 0.29) is 24.9 Å². The Hall–Kier alpha value is -1.63. The summed E-state index contributed by atoms with van der Waals surface area (Å²) in [7, 11) is 0. The van der Waals surface area contributed by atoms with Gasteiger partial charge in [0.2, 0.25) is 5.91 Å². The number of hydrogen-bond acceptors (Lipinski definition) is 5. The van der Waals surface area contributed by atoms with Crippen molar-refractivity contribution in [3.63, 3.8) is 0 Å². The number of aromatic nitrogens is 1. The third-order valence-corrected chi connectivity index (χ3v) is 3.99. The van der Waals surface area contributed by atoms with Gasteiger partial charge in [0.25, 0.3) is 0 Å². The summed E-state index contributed by atoms with van der Waals surface area (Å²) in [5, 5.41) is 6.46. The van der Waals surface area contributed by atoms with Gasteiger partial charge < -0.3 is 15.4 Å². The van der Waals surface area contributed by atoms with Gasteiger partial charge >= 0.3 is 6.09 Å². The molecule has 0 bridgehead atoms. The van der Waals surface area contributed by atoms with E-state index in [2.05, 4.69) is 15.6 Å². The maximum absolute atomic E-state index is 11.9. The highest BCUT2D eigenvalue weighted by Gasteiger charge is 2.17. The molecule has 0 aliphatic heterocycles. The second-order valence-corrected chi connectivity index (χ2v) is 7.39. The molecule has 0 aromatic carbocycles. The molecule has 1 atom stereocenters. The number of nitrogens with zero attached hydrogens (tertiary/aromatic N) is 1. The van der Waals surface area contributed by atoms with E-state index >= 15 is 0 Å². The minimum atomic E-state index is -0.539. The fraction of sp³-hybridized carbons (Fsp3) is 0.667. The Morgan fingerprint density at radius 1 is 1.32 bits per heavy atom. The van der Waals surface area contributed by atoms with E-state index in [9.17, 15) is 9.59 Å². The number of amides is 2. The van der Waals surface area contributed by atoms with Crippen LogP contribution in [-0.4, -0.2) is 29.1 Å². The molecule has 1 aromatic heterocycles. The van der Waals surface area contributed by atoms with Crippen LogP contribution in [0.3, 0.4) is 0 Å². The number of thiazole rings is 1. The summed E-state index contributed by atoms with van der Waals surface area (Å²) in [6, 6.07) is -0.0831. The van der Waals surface area contributed by atoms with Crippen LogP contribution in [0.5, 0.6) is 0 Å². The average molecular weight is 327 g/mol. The Balaban J connectivity index is 2.35. The van der Waals surface area contributed by atoms with E-state index in [1.54, 1.807) is 32.1 Å². The van der Waals surface area contributed by atoms with Crippen LogP contribution in [0.25, 0.3) is 0 Å². The number of alkyl carbamates (subject to hydrolysis) is 1. The monoisotopic (exact) mass is 327 g/mol. The molecule has 0 radical (unpaired) electrons. The standard InChI is InChI=1S/C15H25N3O3S/c1-9-13(22-11(3)17-9)10(2)18-12(19)7-8-16-14(20)21-15(4,5)6/h10H,7-8H2,1-6H3,(H,16,20)(H,18,19)/t10-/m1/s1. The Morgan fingerprint density at radius 3 is 2.45 bits per heavy atom. The number of hydrogen-bond donors (Lipinski definition) is 2. The lowest BCUT2D eigenvalue weighted by atomic mass is 10.2. The smallest absolute Gasteiger partial charge is 0.407 e. The molecule has 1 heterocycles. The molecule has 6 nitrogen and oxygen atoms in total. The molecular weight excluding hydrogens is 302 g/mol. The van der Waals surface area contributed by atoms with E-state index in [4.69, 9.17) is 4.74 Å². The van der Waals surface area contributed by atoms with Gasteiger partial charge in [-0.1, -0.05) is 0 Å². The summed E-state index contributed by atoms with van der Waals surface area (Å²) in [5.41, 5.74) is 0.407. The van der Waals surface area contributed by atoms with Gasteiger partial charge in [0.05, 0.1) is 16.7 Å². The summed E-state index contributed by atoms with van der Waals surface area (Å²) in [5.74, 6) is -0.117. The van der Waals surface area contributed by atoms with Crippen LogP contribution in [0.2, 0.25) is 0 Å². The van der Waals surface area contributed by atoms with Crippen LogP contribution in [-0.2, 0) is 9.53 Å². The normalized spacial score (nSPS) is 12.6. The van der Waals surface area contributed by atoms with Crippen molar-refractivity contribution < 1.29 is 14.3 Å². The van der Waals surface area contributed by atoms with E-state index in [0.717, 1.165) is 15.6 Å². The van der Waals surface area contributed by atoms with Crippen LogP contribution in [0.15, 0.2) is 0 Å². The molecule has 0 unspecified atom stereocenters. The number of nitrogens with one attached hydrogen (secondary N) is 2. The summed E-state index contributed by atoms with van der Waals surface area (Å²) in [6.45, 7) is 11.4. The van der Waals surface area contributed by atoms with E-state index in [1.165, 1.54) is 0 Å². The van der Waals surface area contributed by atoms with Gasteiger partial charge in [-0.15, -0.1) is 11.3 Å². The lowest BCUT2D eigenvalue weighted by Gasteiger charge is -2.19. The van der Waals surface area contributed by atoms with Gasteiger partial charge in [0.15, 0.2) is 0 Å². The molecule has 7 heteroatoms. The molecule has 2 amide bonds. The Labute approximate surface area is 135 Å². The molecule has 124 valence electrons. The van der Waals surface area contributed by atoms with Gasteiger partial charge in [-0.3, -0.25) is 4.79 Å². The van der Waals surface area contributed by atoms with Gasteiger partial charge in [-0.05, 0) is 41.5 Å². The minimum Gasteiger partial charge on any atom is -0.444 e. The maximum atomic E-state index is 11.9. The molecule has 1 aromatic rings. The van der Waals surface area contributed by atoms with Crippen LogP contribution >= 0.6 is 11.3 Å². The predicted octanol–water partition coefficient (Wildman–Crippen LogP) is 2.85. The van der Waals surface area contributed by atoms with E-state index in [0.29, 0.717) is 0 Å². The zero-order chi connectivity index (χ0) is 16.9. The minimum absolute atomic E-state index is 0.0831. The van der Waals surface area contributed by atoms with Crippen molar-refractivity contribution in [2.45, 2.75) is 59.6 Å². The fourth-order valence-corrected chi connectivity index (χ4v) is 2.85. The molecule has 0 saturated carbocycles. The molecule has 0 saturated heterocycles. The second-order valence-electron chi connectivity index (χ2n) is 6.15. The van der Waals surface area contributed by atoms with Crippen molar-refractivity contribution in [1.29, 1.82) is 0 Å². The van der Waals surface area contributed by atoms with Gasteiger partial charge in [0.1, 0.15) is 5.60 Å². The molecule has 2 N–H and O–H groups in total. The first-order valence-corrected chi connectivity index (χ1v) is 8.10. The summed E-state index contributed by atoms with van der Waals surface area (Å²) >= 11 is 1.58. The number of aryl methyl sites for hydroxylation is 2. The van der Waals surface area contributed by atoms with Crippen LogP contribution in [0, 0.1) is 13.8 Å². The van der Waals surface area contributed by atoms with Gasteiger partial charge in [0, 0.05) is 17.8 Å². The van der Waals surface area contributed by atoms with Crippen molar-refractivity contribution in [2.75, 3.05) is 6.54 Å².